The van der Waals surface area contributed by atoms with Gasteiger partial charge in [-0.1, -0.05) is 0 Å². The van der Waals surface area contributed by atoms with E-state index in [1.807, 2.05) is 13.0 Å². The molecular formula is C15H21F3IN. The third kappa shape index (κ3) is 3.67. The number of hydrogen-bond donors (Lipinski definition) is 1. The fourth-order valence-corrected chi connectivity index (χ4v) is 7.73. The molecule has 2 N–H and O–H groups in total. The zero-order valence-electron chi connectivity index (χ0n) is 11.7. The van der Waals surface area contributed by atoms with Crippen LogP contribution < -0.4 is 5.73 Å². The van der Waals surface area contributed by atoms with E-state index in [-0.39, 0.29) is 5.56 Å². The van der Waals surface area contributed by atoms with Crippen molar-refractivity contribution >= 4 is 19.8 Å². The summed E-state index contributed by atoms with van der Waals surface area (Å²) in [7, 11) is 0. The van der Waals surface area contributed by atoms with Crippen LogP contribution in [0.5, 0.6) is 0 Å². The number of rotatable bonds is 5. The third-order valence-electron chi connectivity index (χ3n) is 3.53. The first-order valence-corrected chi connectivity index (χ1v) is 11.1. The van der Waals surface area contributed by atoms with Gasteiger partial charge in [-0.15, -0.1) is 0 Å². The number of halogens is 4. The molecule has 0 atom stereocenters. The molecule has 5 heteroatoms. The number of aryl methyl sites for hydroxylation is 2. The summed E-state index contributed by atoms with van der Waals surface area (Å²) in [5, 5.41) is 0. The molecular weight excluding hydrogens is 378 g/mol. The molecule has 1 fully saturated rings. The third-order valence-corrected chi connectivity index (χ3v) is 10.6. The molecule has 2 rings (SSSR count). The molecule has 0 amide bonds. The Morgan fingerprint density at radius 1 is 1.20 bits per heavy atom. The first-order chi connectivity index (χ1) is 9.43. The van der Waals surface area contributed by atoms with Crippen LogP contribution in [0.3, 0.4) is 0 Å². The van der Waals surface area contributed by atoms with Gasteiger partial charge in [0.15, 0.2) is 0 Å². The fourth-order valence-electron chi connectivity index (χ4n) is 2.48. The zero-order chi connectivity index (χ0) is 14.8. The Hall–Kier alpha value is -0.300. The number of alkyl halides is 5. The molecule has 0 unspecified atom stereocenters. The summed E-state index contributed by atoms with van der Waals surface area (Å²) in [6, 6.07) is 3.37. The van der Waals surface area contributed by atoms with Gasteiger partial charge in [0.05, 0.1) is 0 Å². The second kappa shape index (κ2) is 6.64. The fraction of sp³-hybridized carbons (Fsp3) is 0.600. The molecule has 1 nitrogen and oxygen atoms in total. The summed E-state index contributed by atoms with van der Waals surface area (Å²) in [5.74, 6) is 0. The number of hydrogen-bond acceptors (Lipinski definition) is 1. The van der Waals surface area contributed by atoms with Gasteiger partial charge < -0.3 is 0 Å². The molecule has 1 aliphatic heterocycles. The summed E-state index contributed by atoms with van der Waals surface area (Å²) in [6.45, 7) is 2.45. The predicted molar refractivity (Wildman–Crippen MR) is 85.2 cm³/mol. The van der Waals surface area contributed by atoms with E-state index in [4.69, 9.17) is 5.73 Å². The maximum atomic E-state index is 13.3. The van der Waals surface area contributed by atoms with E-state index in [1.54, 1.807) is 0 Å². The van der Waals surface area contributed by atoms with Crippen LogP contribution >= 0.6 is 19.8 Å². The van der Waals surface area contributed by atoms with Gasteiger partial charge in [0, 0.05) is 0 Å². The van der Waals surface area contributed by atoms with E-state index in [0.29, 0.717) is 16.5 Å². The van der Waals surface area contributed by atoms with Gasteiger partial charge in [0.2, 0.25) is 0 Å². The molecule has 1 heterocycles. The second-order valence-electron chi connectivity index (χ2n) is 5.21. The van der Waals surface area contributed by atoms with Gasteiger partial charge in [-0.05, 0) is 0 Å². The van der Waals surface area contributed by atoms with Crippen molar-refractivity contribution in [3.63, 3.8) is 0 Å². The van der Waals surface area contributed by atoms with E-state index >= 15 is 0 Å². The van der Waals surface area contributed by atoms with Crippen molar-refractivity contribution in [3.05, 3.63) is 32.4 Å². The molecule has 1 aromatic rings. The van der Waals surface area contributed by atoms with Crippen molar-refractivity contribution in [1.29, 1.82) is 0 Å². The van der Waals surface area contributed by atoms with E-state index < -0.39 is 26.0 Å². The topological polar surface area (TPSA) is 26.0 Å². The summed E-state index contributed by atoms with van der Waals surface area (Å²) in [4.78, 5) is 0. The van der Waals surface area contributed by atoms with E-state index in [2.05, 4.69) is 0 Å². The Labute approximate surface area is 125 Å². The summed E-state index contributed by atoms with van der Waals surface area (Å²) < 4.78 is 42.7. The predicted octanol–water partition coefficient (Wildman–Crippen LogP) is 4.37. The molecule has 20 heavy (non-hydrogen) atoms. The van der Waals surface area contributed by atoms with Crippen molar-refractivity contribution in [2.45, 2.75) is 38.8 Å². The monoisotopic (exact) mass is 399 g/mol. The molecule has 1 aromatic carbocycles. The maximum absolute atomic E-state index is 13.3. The number of unbranched alkanes of at least 4 members (excludes halogenated alkanes) is 1. The van der Waals surface area contributed by atoms with Crippen molar-refractivity contribution in [2.24, 2.45) is 5.73 Å². The Morgan fingerprint density at radius 3 is 2.40 bits per heavy atom. The molecule has 0 aliphatic carbocycles. The van der Waals surface area contributed by atoms with Gasteiger partial charge in [-0.25, -0.2) is 0 Å². The van der Waals surface area contributed by atoms with E-state index in [9.17, 15) is 13.2 Å². The molecule has 0 saturated carbocycles. The van der Waals surface area contributed by atoms with Gasteiger partial charge in [0.1, 0.15) is 0 Å². The van der Waals surface area contributed by atoms with Crippen LogP contribution in [-0.4, -0.2) is 15.4 Å². The zero-order valence-corrected chi connectivity index (χ0v) is 13.9. The summed E-state index contributed by atoms with van der Waals surface area (Å²) in [6.07, 6.45) is -0.692. The molecule has 1 saturated heterocycles. The van der Waals surface area contributed by atoms with Crippen molar-refractivity contribution in [3.8, 4) is 0 Å². The molecule has 0 radical (unpaired) electrons. The van der Waals surface area contributed by atoms with Crippen molar-refractivity contribution in [1.82, 2.24) is 0 Å². The Bertz CT molecular complexity index is 467. The van der Waals surface area contributed by atoms with Crippen molar-refractivity contribution in [2.75, 3.05) is 15.4 Å². The SMILES string of the molecule is Cc1cc(CCCCN)cc(C(F)(F)F)c1I1CCC1. The quantitative estimate of drug-likeness (QED) is 0.444. The van der Waals surface area contributed by atoms with Crippen LogP contribution in [0.2, 0.25) is 0 Å². The summed E-state index contributed by atoms with van der Waals surface area (Å²) in [5.41, 5.74) is 6.77. The molecule has 0 spiro atoms. The van der Waals surface area contributed by atoms with E-state index in [1.165, 1.54) is 6.07 Å². The summed E-state index contributed by atoms with van der Waals surface area (Å²) >= 11 is -1.51. The van der Waals surface area contributed by atoms with Crippen LogP contribution in [0.25, 0.3) is 0 Å². The first kappa shape index (κ1) is 16.1. The van der Waals surface area contributed by atoms with Crippen LogP contribution in [0, 0.1) is 10.5 Å². The minimum absolute atomic E-state index is 0.342. The van der Waals surface area contributed by atoms with Gasteiger partial charge in [-0.3, -0.25) is 0 Å². The molecule has 114 valence electrons. The normalized spacial score (nSPS) is 17.1. The van der Waals surface area contributed by atoms with E-state index in [0.717, 1.165) is 39.2 Å². The number of nitrogens with two attached hydrogens (primary N) is 1. The first-order valence-electron chi connectivity index (χ1n) is 6.96. The molecule has 0 aromatic heterocycles. The van der Waals surface area contributed by atoms with Crippen LogP contribution in [0.4, 0.5) is 13.2 Å². The Kier molecular flexibility index (Phi) is 5.34. The van der Waals surface area contributed by atoms with Gasteiger partial charge in [0.25, 0.3) is 0 Å². The Balaban J connectivity index is 2.32. The van der Waals surface area contributed by atoms with Crippen LogP contribution in [-0.2, 0) is 12.6 Å². The molecule has 1 aliphatic rings. The van der Waals surface area contributed by atoms with Crippen LogP contribution in [0.15, 0.2) is 12.1 Å². The average Bonchev–Trinajstić information content (AvgIpc) is 2.28. The second-order valence-corrected chi connectivity index (χ2v) is 11.0. The van der Waals surface area contributed by atoms with Gasteiger partial charge in [-0.2, -0.15) is 0 Å². The Morgan fingerprint density at radius 2 is 1.90 bits per heavy atom. The average molecular weight is 399 g/mol. The minimum atomic E-state index is -4.21. The van der Waals surface area contributed by atoms with Gasteiger partial charge >= 0.3 is 125 Å². The molecule has 0 bridgehead atoms. The number of benzene rings is 1. The van der Waals surface area contributed by atoms with Crippen molar-refractivity contribution < 1.29 is 13.2 Å². The van der Waals surface area contributed by atoms with Crippen LogP contribution in [0.1, 0.15) is 36.0 Å². The standard InChI is InChI=1S/C15H21F3IN/c1-11-9-12(5-2-3-8-20)10-13(15(16,17)18)14(11)19-6-4-7-19/h9-10H,2-8,20H2,1H3.